The quantitative estimate of drug-likeness (QED) is 0.0897. The van der Waals surface area contributed by atoms with Crippen molar-refractivity contribution < 1.29 is 64.2 Å². The fourth-order valence-electron chi connectivity index (χ4n) is 6.53. The number of amides is 2. The Morgan fingerprint density at radius 3 is 1.67 bits per heavy atom. The molecule has 0 saturated heterocycles. The van der Waals surface area contributed by atoms with E-state index in [1.807, 2.05) is 6.92 Å². The topological polar surface area (TPSA) is 232 Å². The smallest absolute Gasteiger partial charge is 0.407 e. The van der Waals surface area contributed by atoms with Gasteiger partial charge >= 0.3 is 12.2 Å². The standard InChI is InChI=1S/C28H56N4O12S2/c1-27(2)20-24(30-26(36)44-17-13-32(5,11-15-34)9-7-19-46(40,41)42)21-28(3,22-27)23-29-25(35)43-16-12-31(4,10-14-33)8-6-18-45(37,38)39/h24,33-34H,6-23H2,1-5H3,(H2-2,29,30,35,36,37,38,39,40,41,42). The second-order valence-electron chi connectivity index (χ2n) is 14.3. The number of carbonyl (C=O) groups excluding carboxylic acids is 2. The Labute approximate surface area is 274 Å². The highest BCUT2D eigenvalue weighted by Crippen LogP contribution is 2.45. The van der Waals surface area contributed by atoms with Crippen LogP contribution in [0.3, 0.4) is 0 Å². The number of ether oxygens (including phenoxy) is 2. The summed E-state index contributed by atoms with van der Waals surface area (Å²) in [5.74, 6) is -1.00. The number of nitrogens with one attached hydrogen (secondary N) is 2. The van der Waals surface area contributed by atoms with E-state index >= 15 is 0 Å². The molecular formula is C28H56N4O12S2. The predicted octanol–water partition coefficient (Wildman–Crippen LogP) is -0.228. The molecule has 0 heterocycles. The van der Waals surface area contributed by atoms with Gasteiger partial charge in [0, 0.05) is 36.9 Å². The molecule has 4 unspecified atom stereocenters. The zero-order chi connectivity index (χ0) is 35.3. The van der Waals surface area contributed by atoms with E-state index in [0.29, 0.717) is 58.7 Å². The molecule has 272 valence electrons. The number of nitrogens with zero attached hydrogens (tertiary/aromatic N) is 2. The highest BCUT2D eigenvalue weighted by molar-refractivity contribution is 7.85. The lowest BCUT2D eigenvalue weighted by Gasteiger charge is -2.46. The van der Waals surface area contributed by atoms with Crippen molar-refractivity contribution in [3.05, 3.63) is 0 Å². The Kier molecular flexibility index (Phi) is 16.6. The van der Waals surface area contributed by atoms with Gasteiger partial charge in [0.25, 0.3) is 0 Å². The van der Waals surface area contributed by atoms with Crippen molar-refractivity contribution in [3.63, 3.8) is 0 Å². The zero-order valence-corrected chi connectivity index (χ0v) is 29.6. The maximum Gasteiger partial charge on any atom is 0.407 e. The fourth-order valence-corrected chi connectivity index (χ4v) is 7.50. The molecule has 0 aliphatic heterocycles. The molecule has 1 rings (SSSR count). The number of rotatable bonds is 21. The number of hydrogen-bond acceptors (Lipinski definition) is 12. The largest absolute Gasteiger partial charge is 0.748 e. The Bertz CT molecular complexity index is 1190. The van der Waals surface area contributed by atoms with Gasteiger partial charge in [0.15, 0.2) is 0 Å². The van der Waals surface area contributed by atoms with Gasteiger partial charge in [-0.3, -0.25) is 0 Å². The third-order valence-corrected chi connectivity index (χ3v) is 10.2. The molecule has 46 heavy (non-hydrogen) atoms. The first kappa shape index (κ1) is 42.2. The lowest BCUT2D eigenvalue weighted by molar-refractivity contribution is -0.910. The van der Waals surface area contributed by atoms with Crippen LogP contribution in [0.2, 0.25) is 0 Å². The first-order chi connectivity index (χ1) is 21.0. The SMILES string of the molecule is CC1(C)CC(NC(=O)OCC[N+](C)(CCO)CCCS(=O)(=O)[O-])CC(C)(CNC(=O)OCC[N+](C)(CCO)CCCS(=O)(=O)[O-])C1. The van der Waals surface area contributed by atoms with E-state index in [0.717, 1.165) is 6.42 Å². The monoisotopic (exact) mass is 704 g/mol. The summed E-state index contributed by atoms with van der Waals surface area (Å²) in [4.78, 5) is 25.2. The summed E-state index contributed by atoms with van der Waals surface area (Å²) in [6.45, 7) is 8.17. The van der Waals surface area contributed by atoms with Gasteiger partial charge in [0.05, 0.1) is 60.6 Å². The molecule has 4 atom stereocenters. The molecule has 4 N–H and O–H groups in total. The van der Waals surface area contributed by atoms with E-state index in [1.165, 1.54) is 0 Å². The highest BCUT2D eigenvalue weighted by Gasteiger charge is 2.42. The molecule has 1 aliphatic carbocycles. The van der Waals surface area contributed by atoms with Crippen LogP contribution in [0.25, 0.3) is 0 Å². The van der Waals surface area contributed by atoms with Crippen LogP contribution in [-0.2, 0) is 29.7 Å². The molecule has 16 nitrogen and oxygen atoms in total. The molecule has 1 fully saturated rings. The maximum absolute atomic E-state index is 12.7. The van der Waals surface area contributed by atoms with Crippen LogP contribution in [0.4, 0.5) is 9.59 Å². The van der Waals surface area contributed by atoms with Crippen molar-refractivity contribution in [2.75, 3.05) is 97.8 Å². The first-order valence-electron chi connectivity index (χ1n) is 15.6. The predicted molar refractivity (Wildman–Crippen MR) is 167 cm³/mol. The summed E-state index contributed by atoms with van der Waals surface area (Å²) >= 11 is 0. The third kappa shape index (κ3) is 18.5. The second kappa shape index (κ2) is 18.1. The molecular weight excluding hydrogens is 648 g/mol. The van der Waals surface area contributed by atoms with Crippen molar-refractivity contribution >= 4 is 32.4 Å². The average Bonchev–Trinajstić information content (AvgIpc) is 2.85. The number of aliphatic hydroxyl groups excluding tert-OH is 2. The van der Waals surface area contributed by atoms with Crippen LogP contribution < -0.4 is 10.6 Å². The minimum absolute atomic E-state index is 0.0263. The number of quaternary nitrogens is 2. The van der Waals surface area contributed by atoms with Gasteiger partial charge in [-0.2, -0.15) is 0 Å². The molecule has 0 aromatic rings. The summed E-state index contributed by atoms with van der Waals surface area (Å²) < 4.78 is 76.8. The summed E-state index contributed by atoms with van der Waals surface area (Å²) in [6, 6.07) is -0.228. The highest BCUT2D eigenvalue weighted by atomic mass is 32.2. The average molecular weight is 705 g/mol. The van der Waals surface area contributed by atoms with Gasteiger partial charge < -0.3 is 48.4 Å². The van der Waals surface area contributed by atoms with Gasteiger partial charge in [-0.1, -0.05) is 20.8 Å². The van der Waals surface area contributed by atoms with Crippen molar-refractivity contribution in [3.8, 4) is 0 Å². The normalized spacial score (nSPS) is 22.7. The molecule has 0 spiro atoms. The lowest BCUT2D eigenvalue weighted by Crippen LogP contribution is -2.52. The number of carbonyl (C=O) groups is 2. The number of alkyl carbamates (subject to hydrolysis) is 2. The molecule has 1 saturated carbocycles. The van der Waals surface area contributed by atoms with E-state index in [4.69, 9.17) is 9.47 Å². The van der Waals surface area contributed by atoms with Gasteiger partial charge in [-0.25, -0.2) is 26.4 Å². The van der Waals surface area contributed by atoms with Crippen LogP contribution in [0.1, 0.15) is 52.9 Å². The van der Waals surface area contributed by atoms with E-state index in [2.05, 4.69) is 24.5 Å². The number of hydrogen-bond donors (Lipinski definition) is 4. The third-order valence-electron chi connectivity index (χ3n) is 8.62. The Morgan fingerprint density at radius 1 is 0.783 bits per heavy atom. The minimum atomic E-state index is -4.34. The van der Waals surface area contributed by atoms with E-state index in [9.17, 15) is 45.7 Å². The summed E-state index contributed by atoms with van der Waals surface area (Å²) in [5, 5.41) is 24.6. The van der Waals surface area contributed by atoms with Gasteiger partial charge in [-0.15, -0.1) is 0 Å². The molecule has 0 radical (unpaired) electrons. The molecule has 0 aromatic heterocycles. The lowest BCUT2D eigenvalue weighted by atomic mass is 9.62. The van der Waals surface area contributed by atoms with Crippen molar-refractivity contribution in [1.29, 1.82) is 0 Å². The van der Waals surface area contributed by atoms with E-state index in [1.54, 1.807) is 14.1 Å². The summed E-state index contributed by atoms with van der Waals surface area (Å²) in [7, 11) is -5.09. The van der Waals surface area contributed by atoms with Crippen LogP contribution in [0.15, 0.2) is 0 Å². The summed E-state index contributed by atoms with van der Waals surface area (Å²) in [6.07, 6.45) is 1.07. The zero-order valence-electron chi connectivity index (χ0n) is 28.0. The van der Waals surface area contributed by atoms with E-state index < -0.39 is 43.9 Å². The molecule has 2 amide bonds. The van der Waals surface area contributed by atoms with Crippen LogP contribution in [0.5, 0.6) is 0 Å². The second-order valence-corrected chi connectivity index (χ2v) is 17.3. The Balaban J connectivity index is 2.61. The van der Waals surface area contributed by atoms with E-state index in [-0.39, 0.29) is 65.1 Å². The minimum Gasteiger partial charge on any atom is -0.748 e. The van der Waals surface area contributed by atoms with Crippen molar-refractivity contribution in [2.24, 2.45) is 10.8 Å². The molecule has 1 aliphatic rings. The molecule has 18 heteroatoms. The van der Waals surface area contributed by atoms with Gasteiger partial charge in [-0.05, 0) is 30.1 Å². The Morgan fingerprint density at radius 2 is 1.24 bits per heavy atom. The van der Waals surface area contributed by atoms with Crippen LogP contribution in [-0.4, -0.2) is 161 Å². The van der Waals surface area contributed by atoms with Gasteiger partial charge in [0.1, 0.15) is 39.4 Å². The molecule has 0 bridgehead atoms. The Hall–Kier alpha value is -1.80. The number of likely N-dealkylation sites (N-methyl/N-ethyl adjacent to an activating group) is 2. The van der Waals surface area contributed by atoms with Crippen molar-refractivity contribution in [1.82, 2.24) is 10.6 Å². The van der Waals surface area contributed by atoms with Gasteiger partial charge in [0.2, 0.25) is 0 Å². The first-order valence-corrected chi connectivity index (χ1v) is 18.8. The van der Waals surface area contributed by atoms with Crippen LogP contribution in [0, 0.1) is 10.8 Å². The summed E-state index contributed by atoms with van der Waals surface area (Å²) in [5.41, 5.74) is -0.529. The number of aliphatic hydroxyl groups is 2. The fraction of sp³-hybridized carbons (Fsp3) is 0.929. The van der Waals surface area contributed by atoms with Crippen molar-refractivity contribution in [2.45, 2.75) is 58.9 Å². The molecule has 0 aromatic carbocycles. The maximum atomic E-state index is 12.7. The van der Waals surface area contributed by atoms with Crippen LogP contribution >= 0.6 is 0 Å².